The van der Waals surface area contributed by atoms with Crippen molar-refractivity contribution in [3.05, 3.63) is 35.2 Å². The molecule has 2 amide bonds. The van der Waals surface area contributed by atoms with Gasteiger partial charge in [-0.1, -0.05) is 18.2 Å². The number of hydrogen-bond acceptors (Lipinski definition) is 4. The van der Waals surface area contributed by atoms with Gasteiger partial charge in [-0.3, -0.25) is 9.59 Å². The highest BCUT2D eigenvalue weighted by Crippen LogP contribution is 2.25. The number of carbonyl (C=O) groups is 2. The van der Waals surface area contributed by atoms with Crippen LogP contribution in [0.25, 0.3) is 10.1 Å². The number of thiophene rings is 1. The average Bonchev–Trinajstić information content (AvgIpc) is 3.14. The number of amides is 2. The van der Waals surface area contributed by atoms with Gasteiger partial charge in [-0.25, -0.2) is 0 Å². The lowest BCUT2D eigenvalue weighted by Crippen LogP contribution is -2.32. The number of nitrogens with one attached hydrogen (secondary N) is 1. The van der Waals surface area contributed by atoms with Crippen LogP contribution < -0.4 is 5.32 Å². The van der Waals surface area contributed by atoms with Crippen molar-refractivity contribution in [1.29, 1.82) is 0 Å². The van der Waals surface area contributed by atoms with E-state index in [-0.39, 0.29) is 17.7 Å². The van der Waals surface area contributed by atoms with E-state index in [0.717, 1.165) is 10.1 Å². The lowest BCUT2D eigenvalue weighted by molar-refractivity contribution is -0.128. The van der Waals surface area contributed by atoms with Crippen LogP contribution in [0.5, 0.6) is 0 Å². The van der Waals surface area contributed by atoms with Crippen LogP contribution in [0.2, 0.25) is 0 Å². The van der Waals surface area contributed by atoms with Gasteiger partial charge in [-0.05, 0) is 17.5 Å². The van der Waals surface area contributed by atoms with E-state index in [1.54, 1.807) is 12.0 Å². The van der Waals surface area contributed by atoms with Crippen molar-refractivity contribution in [3.8, 4) is 0 Å². The second-order valence-electron chi connectivity index (χ2n) is 5.76. The summed E-state index contributed by atoms with van der Waals surface area (Å²) in [4.78, 5) is 26.7. The van der Waals surface area contributed by atoms with Crippen molar-refractivity contribution in [3.63, 3.8) is 0 Å². The first-order valence-electron chi connectivity index (χ1n) is 7.71. The summed E-state index contributed by atoms with van der Waals surface area (Å²) in [7, 11) is 1.63. The molecule has 0 aliphatic carbocycles. The molecule has 0 saturated carbocycles. The number of fused-ring (bicyclic) bond motifs is 1. The van der Waals surface area contributed by atoms with Crippen molar-refractivity contribution in [2.24, 2.45) is 5.92 Å². The van der Waals surface area contributed by atoms with E-state index >= 15 is 0 Å². The maximum Gasteiger partial charge on any atom is 0.261 e. The van der Waals surface area contributed by atoms with Crippen LogP contribution in [0.4, 0.5) is 0 Å². The minimum atomic E-state index is -0.0611. The fourth-order valence-corrected chi connectivity index (χ4v) is 3.81. The third kappa shape index (κ3) is 3.71. The Morgan fingerprint density at radius 1 is 1.43 bits per heavy atom. The van der Waals surface area contributed by atoms with Gasteiger partial charge in [0.1, 0.15) is 0 Å². The van der Waals surface area contributed by atoms with E-state index < -0.39 is 0 Å². The molecule has 2 aromatic rings. The van der Waals surface area contributed by atoms with E-state index in [9.17, 15) is 9.59 Å². The Labute approximate surface area is 139 Å². The molecule has 0 spiro atoms. The molecule has 1 aromatic heterocycles. The van der Waals surface area contributed by atoms with E-state index in [2.05, 4.69) is 5.32 Å². The Hall–Kier alpha value is -1.92. The highest BCUT2D eigenvalue weighted by atomic mass is 32.1. The predicted molar refractivity (Wildman–Crippen MR) is 90.7 cm³/mol. The Bertz CT molecular complexity index is 680. The fraction of sp³-hybridized carbons (Fsp3) is 0.412. The first kappa shape index (κ1) is 16.0. The van der Waals surface area contributed by atoms with Crippen LogP contribution in [0.1, 0.15) is 16.1 Å². The van der Waals surface area contributed by atoms with E-state index in [1.165, 1.54) is 11.3 Å². The normalized spacial score (nSPS) is 17.9. The fourth-order valence-electron chi connectivity index (χ4n) is 2.83. The quantitative estimate of drug-likeness (QED) is 0.881. The summed E-state index contributed by atoms with van der Waals surface area (Å²) >= 11 is 1.49. The van der Waals surface area contributed by atoms with Gasteiger partial charge in [-0.2, -0.15) is 0 Å². The largest absolute Gasteiger partial charge is 0.383 e. The maximum atomic E-state index is 12.3. The second-order valence-corrected chi connectivity index (χ2v) is 6.84. The van der Waals surface area contributed by atoms with Crippen LogP contribution in [0, 0.1) is 5.92 Å². The lowest BCUT2D eigenvalue weighted by Gasteiger charge is -2.16. The van der Waals surface area contributed by atoms with Gasteiger partial charge in [0.25, 0.3) is 5.91 Å². The molecule has 2 heterocycles. The van der Waals surface area contributed by atoms with Crippen LogP contribution in [-0.4, -0.2) is 50.1 Å². The first-order valence-corrected chi connectivity index (χ1v) is 8.52. The molecule has 1 unspecified atom stereocenters. The molecular weight excluding hydrogens is 312 g/mol. The summed E-state index contributed by atoms with van der Waals surface area (Å²) in [5.74, 6) is 0.259. The molecule has 1 atom stereocenters. The molecule has 0 bridgehead atoms. The molecule has 0 radical (unpaired) electrons. The molecule has 122 valence electrons. The second kappa shape index (κ2) is 7.10. The molecule has 3 rings (SSSR count). The zero-order valence-corrected chi connectivity index (χ0v) is 13.9. The zero-order chi connectivity index (χ0) is 16.2. The number of benzene rings is 1. The van der Waals surface area contributed by atoms with Crippen LogP contribution in [0.15, 0.2) is 30.3 Å². The summed E-state index contributed by atoms with van der Waals surface area (Å²) in [6, 6.07) is 9.88. The van der Waals surface area contributed by atoms with Crippen molar-refractivity contribution in [2.45, 2.75) is 6.42 Å². The van der Waals surface area contributed by atoms with E-state index in [1.807, 2.05) is 30.3 Å². The van der Waals surface area contributed by atoms with Gasteiger partial charge in [-0.15, -0.1) is 11.3 Å². The molecule has 23 heavy (non-hydrogen) atoms. The van der Waals surface area contributed by atoms with Gasteiger partial charge in [0.05, 0.1) is 11.5 Å². The Balaban J connectivity index is 1.54. The molecule has 1 aromatic carbocycles. The number of hydrogen-bond donors (Lipinski definition) is 1. The third-order valence-corrected chi connectivity index (χ3v) is 5.18. The van der Waals surface area contributed by atoms with Crippen molar-refractivity contribution in [2.75, 3.05) is 33.4 Å². The lowest BCUT2D eigenvalue weighted by atomic mass is 10.1. The van der Waals surface area contributed by atoms with Crippen LogP contribution in [0.3, 0.4) is 0 Å². The maximum absolute atomic E-state index is 12.3. The topological polar surface area (TPSA) is 58.6 Å². The predicted octanol–water partition coefficient (Wildman–Crippen LogP) is 2.13. The minimum absolute atomic E-state index is 0.0611. The van der Waals surface area contributed by atoms with Crippen LogP contribution in [-0.2, 0) is 9.53 Å². The molecule has 1 aliphatic rings. The van der Waals surface area contributed by atoms with Crippen molar-refractivity contribution in [1.82, 2.24) is 10.2 Å². The number of nitrogens with zero attached hydrogens (tertiary/aromatic N) is 1. The number of carbonyl (C=O) groups excluding carboxylic acids is 2. The molecule has 1 N–H and O–H groups in total. The smallest absolute Gasteiger partial charge is 0.261 e. The number of likely N-dealkylation sites (tertiary alicyclic amines) is 1. The van der Waals surface area contributed by atoms with Crippen LogP contribution >= 0.6 is 11.3 Å². The average molecular weight is 332 g/mol. The molecule has 1 aliphatic heterocycles. The first-order chi connectivity index (χ1) is 11.2. The van der Waals surface area contributed by atoms with Gasteiger partial charge in [0.2, 0.25) is 5.91 Å². The van der Waals surface area contributed by atoms with Gasteiger partial charge in [0, 0.05) is 43.8 Å². The zero-order valence-electron chi connectivity index (χ0n) is 13.1. The Morgan fingerprint density at radius 2 is 2.26 bits per heavy atom. The van der Waals surface area contributed by atoms with Crippen molar-refractivity contribution < 1.29 is 14.3 Å². The van der Waals surface area contributed by atoms with Gasteiger partial charge < -0.3 is 15.0 Å². The highest BCUT2D eigenvalue weighted by molar-refractivity contribution is 7.20. The molecule has 1 fully saturated rings. The molecule has 6 heteroatoms. The van der Waals surface area contributed by atoms with Crippen molar-refractivity contribution >= 4 is 33.2 Å². The summed E-state index contributed by atoms with van der Waals surface area (Å²) in [5.41, 5.74) is 0. The monoisotopic (exact) mass is 332 g/mol. The number of rotatable bonds is 6. The SMILES string of the molecule is COCCN1CC(CNC(=O)c2cc3ccccc3s2)CC1=O. The summed E-state index contributed by atoms with van der Waals surface area (Å²) in [6.45, 7) is 2.39. The highest BCUT2D eigenvalue weighted by Gasteiger charge is 2.29. The summed E-state index contributed by atoms with van der Waals surface area (Å²) in [5, 5.41) is 4.05. The Morgan fingerprint density at radius 3 is 3.04 bits per heavy atom. The number of ether oxygens (including phenoxy) is 1. The van der Waals surface area contributed by atoms with Gasteiger partial charge >= 0.3 is 0 Å². The summed E-state index contributed by atoms with van der Waals surface area (Å²) in [6.07, 6.45) is 0.496. The Kier molecular flexibility index (Phi) is 4.93. The molecule has 1 saturated heterocycles. The number of methoxy groups -OCH3 is 1. The molecular formula is C17H20N2O3S. The third-order valence-electron chi connectivity index (χ3n) is 4.06. The van der Waals surface area contributed by atoms with Gasteiger partial charge in [0.15, 0.2) is 0 Å². The minimum Gasteiger partial charge on any atom is -0.383 e. The molecule has 5 nitrogen and oxygen atoms in total. The van der Waals surface area contributed by atoms with E-state index in [4.69, 9.17) is 4.74 Å². The van der Waals surface area contributed by atoms with E-state index in [0.29, 0.717) is 37.5 Å². The standard InChI is InChI=1S/C17H20N2O3S/c1-22-7-6-19-11-12(8-16(19)20)10-18-17(21)15-9-13-4-2-3-5-14(13)23-15/h2-5,9,12H,6-8,10-11H2,1H3,(H,18,21). The summed E-state index contributed by atoms with van der Waals surface area (Å²) < 4.78 is 6.12.